The van der Waals surface area contributed by atoms with Crippen LogP contribution < -0.4 is 4.74 Å². The van der Waals surface area contributed by atoms with Gasteiger partial charge in [-0.15, -0.1) is 0 Å². The molecule has 0 bridgehead atoms. The number of hydrogen-bond acceptors (Lipinski definition) is 6. The number of nitrogens with zero attached hydrogens (tertiary/aromatic N) is 1. The molecule has 8 heteroatoms. The molecule has 0 radical (unpaired) electrons. The first-order chi connectivity index (χ1) is 14.8. The molecular formula is C23H25NO6S. The fourth-order valence-corrected chi connectivity index (χ4v) is 5.10. The van der Waals surface area contributed by atoms with Gasteiger partial charge in [-0.25, -0.2) is 8.42 Å². The van der Waals surface area contributed by atoms with Crippen LogP contribution in [0.25, 0.3) is 0 Å². The first kappa shape index (κ1) is 22.8. The van der Waals surface area contributed by atoms with E-state index in [1.807, 2.05) is 30.3 Å². The molecule has 1 saturated heterocycles. The SMILES string of the molecule is COC(=O)C1C(C)OC(C)CN1S(=O)(=O)c1ccc(OCC#Cc2ccccc2)cc1. The average molecular weight is 444 g/mol. The monoisotopic (exact) mass is 443 g/mol. The minimum Gasteiger partial charge on any atom is -0.481 e. The van der Waals surface area contributed by atoms with E-state index in [0.29, 0.717) is 5.75 Å². The van der Waals surface area contributed by atoms with E-state index >= 15 is 0 Å². The van der Waals surface area contributed by atoms with Crippen LogP contribution in [0.5, 0.6) is 5.75 Å². The summed E-state index contributed by atoms with van der Waals surface area (Å²) in [7, 11) is -2.71. The Kier molecular flexibility index (Phi) is 7.33. The van der Waals surface area contributed by atoms with Gasteiger partial charge >= 0.3 is 5.97 Å². The predicted molar refractivity (Wildman–Crippen MR) is 115 cm³/mol. The van der Waals surface area contributed by atoms with Crippen LogP contribution in [-0.4, -0.2) is 57.2 Å². The molecule has 1 aliphatic rings. The number of rotatable bonds is 5. The van der Waals surface area contributed by atoms with Crippen molar-refractivity contribution < 1.29 is 27.4 Å². The topological polar surface area (TPSA) is 82.1 Å². The zero-order valence-electron chi connectivity index (χ0n) is 17.6. The fourth-order valence-electron chi connectivity index (χ4n) is 3.38. The lowest BCUT2D eigenvalue weighted by Gasteiger charge is -2.39. The van der Waals surface area contributed by atoms with Crippen molar-refractivity contribution in [1.82, 2.24) is 4.31 Å². The molecule has 2 aromatic rings. The van der Waals surface area contributed by atoms with Crippen molar-refractivity contribution in [3.63, 3.8) is 0 Å². The third kappa shape index (κ3) is 5.44. The fraction of sp³-hybridized carbons (Fsp3) is 0.348. The van der Waals surface area contributed by atoms with E-state index in [4.69, 9.17) is 14.2 Å². The lowest BCUT2D eigenvalue weighted by Crippen LogP contribution is -2.58. The first-order valence-electron chi connectivity index (χ1n) is 9.85. The number of carbonyl (C=O) groups excluding carboxylic acids is 1. The van der Waals surface area contributed by atoms with E-state index in [2.05, 4.69) is 11.8 Å². The largest absolute Gasteiger partial charge is 0.481 e. The number of benzene rings is 2. The molecule has 0 spiro atoms. The van der Waals surface area contributed by atoms with E-state index in [1.54, 1.807) is 26.0 Å². The summed E-state index contributed by atoms with van der Waals surface area (Å²) >= 11 is 0. The highest BCUT2D eigenvalue weighted by Gasteiger charge is 2.45. The van der Waals surface area contributed by atoms with Crippen molar-refractivity contribution >= 4 is 16.0 Å². The zero-order valence-corrected chi connectivity index (χ0v) is 18.5. The van der Waals surface area contributed by atoms with Gasteiger partial charge in [-0.2, -0.15) is 4.31 Å². The Hall–Kier alpha value is -2.86. The van der Waals surface area contributed by atoms with Gasteiger partial charge in [0, 0.05) is 12.1 Å². The normalized spacial score (nSPS) is 21.6. The van der Waals surface area contributed by atoms with Gasteiger partial charge < -0.3 is 14.2 Å². The van der Waals surface area contributed by atoms with Crippen LogP contribution in [0.4, 0.5) is 0 Å². The smallest absolute Gasteiger partial charge is 0.326 e. The Labute approximate surface area is 183 Å². The summed E-state index contributed by atoms with van der Waals surface area (Å²) in [4.78, 5) is 12.3. The maximum Gasteiger partial charge on any atom is 0.326 e. The van der Waals surface area contributed by atoms with Crippen LogP contribution >= 0.6 is 0 Å². The third-order valence-corrected chi connectivity index (χ3v) is 6.69. The molecule has 0 aromatic heterocycles. The Morgan fingerprint density at radius 3 is 2.45 bits per heavy atom. The Morgan fingerprint density at radius 2 is 1.81 bits per heavy atom. The van der Waals surface area contributed by atoms with Gasteiger partial charge in [-0.05, 0) is 50.2 Å². The van der Waals surface area contributed by atoms with Gasteiger partial charge in [0.1, 0.15) is 18.4 Å². The molecule has 164 valence electrons. The summed E-state index contributed by atoms with van der Waals surface area (Å²) in [6.45, 7) is 3.65. The molecule has 3 unspecified atom stereocenters. The van der Waals surface area contributed by atoms with E-state index in [1.165, 1.54) is 19.2 Å². The second kappa shape index (κ2) is 9.96. The van der Waals surface area contributed by atoms with Crippen molar-refractivity contribution in [3.05, 3.63) is 60.2 Å². The highest BCUT2D eigenvalue weighted by molar-refractivity contribution is 7.89. The number of morpholine rings is 1. The molecular weight excluding hydrogens is 418 g/mol. The van der Waals surface area contributed by atoms with E-state index < -0.39 is 28.1 Å². The highest BCUT2D eigenvalue weighted by Crippen LogP contribution is 2.27. The molecule has 1 heterocycles. The first-order valence-corrected chi connectivity index (χ1v) is 11.3. The Bertz CT molecular complexity index is 1060. The van der Waals surface area contributed by atoms with Crippen molar-refractivity contribution in [2.75, 3.05) is 20.3 Å². The quantitative estimate of drug-likeness (QED) is 0.522. The molecule has 0 saturated carbocycles. The second-order valence-corrected chi connectivity index (χ2v) is 9.01. The molecule has 3 rings (SSSR count). The number of ether oxygens (including phenoxy) is 3. The third-order valence-electron chi connectivity index (χ3n) is 4.83. The maximum absolute atomic E-state index is 13.2. The summed E-state index contributed by atoms with van der Waals surface area (Å²) in [6, 6.07) is 14.5. The van der Waals surface area contributed by atoms with Crippen LogP contribution in [0, 0.1) is 11.8 Å². The minimum atomic E-state index is -3.94. The maximum atomic E-state index is 13.2. The standard InChI is InChI=1S/C23H25NO6S/c1-17-16-24(22(18(2)30-17)23(25)28-3)31(26,27)21-13-11-20(12-14-21)29-15-7-10-19-8-5-4-6-9-19/h4-6,8-9,11-14,17-18,22H,15-16H2,1-3H3. The van der Waals surface area contributed by atoms with Crippen LogP contribution in [0.2, 0.25) is 0 Å². The Morgan fingerprint density at radius 1 is 1.13 bits per heavy atom. The molecule has 0 N–H and O–H groups in total. The zero-order chi connectivity index (χ0) is 22.4. The van der Waals surface area contributed by atoms with Gasteiger partial charge in [-0.3, -0.25) is 4.79 Å². The van der Waals surface area contributed by atoms with E-state index in [9.17, 15) is 13.2 Å². The summed E-state index contributed by atoms with van der Waals surface area (Å²) < 4.78 is 43.7. The van der Waals surface area contributed by atoms with Gasteiger partial charge in [0.25, 0.3) is 0 Å². The molecule has 1 fully saturated rings. The molecule has 0 amide bonds. The van der Waals surface area contributed by atoms with Crippen molar-refractivity contribution in [2.45, 2.75) is 37.0 Å². The summed E-state index contributed by atoms with van der Waals surface area (Å²) in [5.74, 6) is 5.75. The lowest BCUT2D eigenvalue weighted by molar-refractivity contribution is -0.158. The number of esters is 1. The molecule has 3 atom stereocenters. The minimum absolute atomic E-state index is 0.0553. The van der Waals surface area contributed by atoms with Crippen molar-refractivity contribution in [2.24, 2.45) is 0 Å². The Balaban J connectivity index is 1.72. The highest BCUT2D eigenvalue weighted by atomic mass is 32.2. The summed E-state index contributed by atoms with van der Waals surface area (Å²) in [6.07, 6.45) is -0.978. The van der Waals surface area contributed by atoms with Crippen LogP contribution in [0.15, 0.2) is 59.5 Å². The summed E-state index contributed by atoms with van der Waals surface area (Å²) in [5, 5.41) is 0. The van der Waals surface area contributed by atoms with Gasteiger partial charge in [0.2, 0.25) is 10.0 Å². The lowest BCUT2D eigenvalue weighted by atomic mass is 10.1. The predicted octanol–water partition coefficient (Wildman–Crippen LogP) is 2.46. The molecule has 2 aromatic carbocycles. The number of carbonyl (C=O) groups is 1. The molecule has 0 aliphatic carbocycles. The van der Waals surface area contributed by atoms with E-state index in [-0.39, 0.29) is 24.2 Å². The van der Waals surface area contributed by atoms with Crippen LogP contribution in [0.3, 0.4) is 0 Å². The van der Waals surface area contributed by atoms with Crippen LogP contribution in [-0.2, 0) is 24.3 Å². The molecule has 1 aliphatic heterocycles. The second-order valence-electron chi connectivity index (χ2n) is 7.12. The average Bonchev–Trinajstić information content (AvgIpc) is 2.77. The van der Waals surface area contributed by atoms with Crippen LogP contribution in [0.1, 0.15) is 19.4 Å². The van der Waals surface area contributed by atoms with Gasteiger partial charge in [0.15, 0.2) is 0 Å². The number of sulfonamides is 1. The van der Waals surface area contributed by atoms with Gasteiger partial charge in [-0.1, -0.05) is 30.0 Å². The number of hydrogen-bond donors (Lipinski definition) is 0. The molecule has 7 nitrogen and oxygen atoms in total. The van der Waals surface area contributed by atoms with E-state index in [0.717, 1.165) is 9.87 Å². The van der Waals surface area contributed by atoms with Gasteiger partial charge in [0.05, 0.1) is 24.2 Å². The molecule has 31 heavy (non-hydrogen) atoms. The summed E-state index contributed by atoms with van der Waals surface area (Å²) in [5.41, 5.74) is 0.890. The number of methoxy groups -OCH3 is 1. The van der Waals surface area contributed by atoms with Crippen molar-refractivity contribution in [3.8, 4) is 17.6 Å². The van der Waals surface area contributed by atoms with Crippen molar-refractivity contribution in [1.29, 1.82) is 0 Å².